The number of nitrogens with zero attached hydrogens (tertiary/aromatic N) is 1. The quantitative estimate of drug-likeness (QED) is 0.745. The maximum Gasteiger partial charge on any atom is 0.107 e. The number of hydrogen-bond donors (Lipinski definition) is 2. The molecular formula is C14H25N3O. The van der Waals surface area contributed by atoms with Crippen molar-refractivity contribution in [2.45, 2.75) is 57.1 Å². The molecule has 1 aromatic heterocycles. The monoisotopic (exact) mass is 251 g/mol. The second-order valence-electron chi connectivity index (χ2n) is 5.34. The normalized spacial score (nSPS) is 19.4. The molecule has 1 heterocycles. The Hall–Kier alpha value is -0.870. The van der Waals surface area contributed by atoms with Crippen LogP contribution < -0.4 is 5.32 Å². The van der Waals surface area contributed by atoms with E-state index in [1.807, 2.05) is 19.5 Å². The number of rotatable bonds is 8. The summed E-state index contributed by atoms with van der Waals surface area (Å²) >= 11 is 0. The van der Waals surface area contributed by atoms with Gasteiger partial charge in [-0.05, 0) is 38.6 Å². The van der Waals surface area contributed by atoms with Crippen LogP contribution in [0.5, 0.6) is 0 Å². The Morgan fingerprint density at radius 3 is 2.89 bits per heavy atom. The van der Waals surface area contributed by atoms with Crippen molar-refractivity contribution >= 4 is 0 Å². The minimum atomic E-state index is 0.123. The van der Waals surface area contributed by atoms with Gasteiger partial charge in [0.05, 0.1) is 5.60 Å². The molecule has 0 aliphatic heterocycles. The van der Waals surface area contributed by atoms with E-state index >= 15 is 0 Å². The van der Waals surface area contributed by atoms with E-state index in [2.05, 4.69) is 22.2 Å². The van der Waals surface area contributed by atoms with Crippen LogP contribution in [0.3, 0.4) is 0 Å². The first-order valence-electron chi connectivity index (χ1n) is 7.05. The van der Waals surface area contributed by atoms with Gasteiger partial charge in [-0.15, -0.1) is 0 Å². The maximum atomic E-state index is 5.73. The first-order valence-corrected chi connectivity index (χ1v) is 7.05. The van der Waals surface area contributed by atoms with Crippen molar-refractivity contribution in [3.05, 3.63) is 18.2 Å². The van der Waals surface area contributed by atoms with Crippen LogP contribution in [0.25, 0.3) is 0 Å². The largest absolute Gasteiger partial charge is 0.378 e. The predicted octanol–water partition coefficient (Wildman–Crippen LogP) is 2.28. The molecule has 1 aliphatic rings. The molecule has 0 aromatic carbocycles. The van der Waals surface area contributed by atoms with Crippen molar-refractivity contribution in [1.82, 2.24) is 15.3 Å². The molecule has 1 saturated carbocycles. The van der Waals surface area contributed by atoms with Crippen LogP contribution in [-0.4, -0.2) is 35.3 Å². The third kappa shape index (κ3) is 3.33. The second-order valence-corrected chi connectivity index (χ2v) is 5.34. The number of nitrogens with one attached hydrogen (secondary N) is 2. The lowest BCUT2D eigenvalue weighted by atomic mass is 9.75. The molecule has 102 valence electrons. The van der Waals surface area contributed by atoms with E-state index in [0.717, 1.165) is 31.6 Å². The fraction of sp³-hybridized carbons (Fsp3) is 0.786. The van der Waals surface area contributed by atoms with E-state index in [0.29, 0.717) is 6.04 Å². The first kappa shape index (κ1) is 13.6. The van der Waals surface area contributed by atoms with Crippen LogP contribution in [0.1, 0.15) is 44.9 Å². The minimum absolute atomic E-state index is 0.123. The third-order valence-electron chi connectivity index (χ3n) is 3.99. The van der Waals surface area contributed by atoms with Gasteiger partial charge in [0.2, 0.25) is 0 Å². The van der Waals surface area contributed by atoms with Gasteiger partial charge in [-0.25, -0.2) is 4.98 Å². The van der Waals surface area contributed by atoms with E-state index in [9.17, 15) is 0 Å². The van der Waals surface area contributed by atoms with Gasteiger partial charge in [0, 0.05) is 32.0 Å². The van der Waals surface area contributed by atoms with Crippen molar-refractivity contribution in [2.75, 3.05) is 13.7 Å². The summed E-state index contributed by atoms with van der Waals surface area (Å²) in [6.45, 7) is 3.26. The summed E-state index contributed by atoms with van der Waals surface area (Å²) in [4.78, 5) is 7.52. The van der Waals surface area contributed by atoms with Crippen LogP contribution in [-0.2, 0) is 11.2 Å². The zero-order chi connectivity index (χ0) is 12.8. The standard InChI is InChI=1S/C14H25N3O/c1-3-7-15-12(10-13-16-8-9-17-13)11-14(18-2)5-4-6-14/h8-9,12,15H,3-7,10-11H2,1-2H3,(H,16,17). The van der Waals surface area contributed by atoms with Crippen molar-refractivity contribution in [3.63, 3.8) is 0 Å². The zero-order valence-electron chi connectivity index (χ0n) is 11.5. The van der Waals surface area contributed by atoms with E-state index < -0.39 is 0 Å². The predicted molar refractivity (Wildman–Crippen MR) is 72.6 cm³/mol. The number of methoxy groups -OCH3 is 1. The first-order chi connectivity index (χ1) is 8.78. The van der Waals surface area contributed by atoms with Crippen molar-refractivity contribution in [1.29, 1.82) is 0 Å². The molecule has 1 atom stereocenters. The highest BCUT2D eigenvalue weighted by Crippen LogP contribution is 2.39. The molecule has 0 spiro atoms. The summed E-state index contributed by atoms with van der Waals surface area (Å²) < 4.78 is 5.73. The molecule has 0 bridgehead atoms. The van der Waals surface area contributed by atoms with Gasteiger partial charge in [0.15, 0.2) is 0 Å². The maximum absolute atomic E-state index is 5.73. The average molecular weight is 251 g/mol. The summed E-state index contributed by atoms with van der Waals surface area (Å²) in [5.74, 6) is 1.06. The highest BCUT2D eigenvalue weighted by atomic mass is 16.5. The number of hydrogen-bond acceptors (Lipinski definition) is 3. The Morgan fingerprint density at radius 2 is 2.39 bits per heavy atom. The molecular weight excluding hydrogens is 226 g/mol. The average Bonchev–Trinajstić information content (AvgIpc) is 2.83. The highest BCUT2D eigenvalue weighted by molar-refractivity contribution is 4.97. The van der Waals surface area contributed by atoms with Gasteiger partial charge in [0.25, 0.3) is 0 Å². The van der Waals surface area contributed by atoms with Gasteiger partial charge in [-0.2, -0.15) is 0 Å². The molecule has 4 heteroatoms. The zero-order valence-corrected chi connectivity index (χ0v) is 11.5. The summed E-state index contributed by atoms with van der Waals surface area (Å²) in [7, 11) is 1.85. The Balaban J connectivity index is 1.91. The topological polar surface area (TPSA) is 49.9 Å². The van der Waals surface area contributed by atoms with Gasteiger partial charge in [0.1, 0.15) is 5.82 Å². The van der Waals surface area contributed by atoms with Gasteiger partial charge < -0.3 is 15.0 Å². The smallest absolute Gasteiger partial charge is 0.107 e. The van der Waals surface area contributed by atoms with Crippen molar-refractivity contribution < 1.29 is 4.74 Å². The number of aromatic amines is 1. The molecule has 0 radical (unpaired) electrons. The third-order valence-corrected chi connectivity index (χ3v) is 3.99. The van der Waals surface area contributed by atoms with Gasteiger partial charge in [-0.3, -0.25) is 0 Å². The SMILES string of the molecule is CCCNC(Cc1ncc[nH]1)CC1(OC)CCC1. The summed E-state index contributed by atoms with van der Waals surface area (Å²) in [5, 5.41) is 3.63. The van der Waals surface area contributed by atoms with Crippen molar-refractivity contribution in [2.24, 2.45) is 0 Å². The Kier molecular flexibility index (Phi) is 4.78. The lowest BCUT2D eigenvalue weighted by Gasteiger charge is -2.43. The molecule has 4 nitrogen and oxygen atoms in total. The molecule has 2 N–H and O–H groups in total. The van der Waals surface area contributed by atoms with Gasteiger partial charge >= 0.3 is 0 Å². The Morgan fingerprint density at radius 1 is 1.56 bits per heavy atom. The number of H-pyrrole nitrogens is 1. The lowest BCUT2D eigenvalue weighted by molar-refractivity contribution is -0.0834. The molecule has 1 unspecified atom stereocenters. The summed E-state index contributed by atoms with van der Waals surface area (Å²) in [6.07, 6.45) is 10.6. The second kappa shape index (κ2) is 6.34. The van der Waals surface area contributed by atoms with E-state index in [-0.39, 0.29) is 5.60 Å². The molecule has 1 fully saturated rings. The fourth-order valence-corrected chi connectivity index (χ4v) is 2.72. The number of aromatic nitrogens is 2. The van der Waals surface area contributed by atoms with E-state index in [4.69, 9.17) is 4.74 Å². The Bertz CT molecular complexity index is 327. The minimum Gasteiger partial charge on any atom is -0.378 e. The Labute approximate surface area is 110 Å². The fourth-order valence-electron chi connectivity index (χ4n) is 2.72. The molecule has 0 amide bonds. The van der Waals surface area contributed by atoms with E-state index in [1.54, 1.807) is 0 Å². The van der Waals surface area contributed by atoms with Gasteiger partial charge in [-0.1, -0.05) is 6.92 Å². The lowest BCUT2D eigenvalue weighted by Crippen LogP contribution is -2.46. The van der Waals surface area contributed by atoms with Crippen LogP contribution in [0, 0.1) is 0 Å². The van der Waals surface area contributed by atoms with Crippen LogP contribution in [0.2, 0.25) is 0 Å². The van der Waals surface area contributed by atoms with Crippen LogP contribution >= 0.6 is 0 Å². The number of ether oxygens (including phenoxy) is 1. The van der Waals surface area contributed by atoms with Crippen molar-refractivity contribution in [3.8, 4) is 0 Å². The highest BCUT2D eigenvalue weighted by Gasteiger charge is 2.38. The molecule has 1 aromatic rings. The summed E-state index contributed by atoms with van der Waals surface area (Å²) in [5.41, 5.74) is 0.123. The van der Waals surface area contributed by atoms with Crippen LogP contribution in [0.15, 0.2) is 12.4 Å². The molecule has 1 aliphatic carbocycles. The summed E-state index contributed by atoms with van der Waals surface area (Å²) in [6, 6.07) is 0.455. The molecule has 2 rings (SSSR count). The molecule has 18 heavy (non-hydrogen) atoms. The van der Waals surface area contributed by atoms with E-state index in [1.165, 1.54) is 19.3 Å². The number of imidazole rings is 1. The molecule has 0 saturated heterocycles. The van der Waals surface area contributed by atoms with Crippen LogP contribution in [0.4, 0.5) is 0 Å².